The third-order valence-electron chi connectivity index (χ3n) is 3.88. The van der Waals surface area contributed by atoms with E-state index >= 15 is 0 Å². The van der Waals surface area contributed by atoms with E-state index in [1.165, 1.54) is 0 Å². The summed E-state index contributed by atoms with van der Waals surface area (Å²) in [5.41, 5.74) is 8.96. The lowest BCUT2D eigenvalue weighted by Crippen LogP contribution is -2.44. The second-order valence-electron chi connectivity index (χ2n) is 5.38. The van der Waals surface area contributed by atoms with Crippen LogP contribution in [0.2, 0.25) is 0 Å². The molecule has 1 aromatic carbocycles. The number of hydrogen-bond acceptors (Lipinski definition) is 3. The van der Waals surface area contributed by atoms with Crippen molar-refractivity contribution in [3.05, 3.63) is 34.9 Å². The van der Waals surface area contributed by atoms with Crippen molar-refractivity contribution in [1.82, 2.24) is 4.90 Å². The van der Waals surface area contributed by atoms with Crippen LogP contribution in [0.5, 0.6) is 0 Å². The molecule has 1 saturated heterocycles. The Labute approximate surface area is 119 Å². The molecule has 0 bridgehead atoms. The van der Waals surface area contributed by atoms with Gasteiger partial charge in [-0.3, -0.25) is 4.79 Å². The van der Waals surface area contributed by atoms with Crippen molar-refractivity contribution in [1.29, 1.82) is 0 Å². The number of carbonyl (C=O) groups excluding carboxylic acids is 1. The van der Waals surface area contributed by atoms with Gasteiger partial charge < -0.3 is 15.8 Å². The number of carbonyl (C=O) groups is 1. The highest BCUT2D eigenvalue weighted by Gasteiger charge is 2.31. The van der Waals surface area contributed by atoms with Gasteiger partial charge in [-0.2, -0.15) is 0 Å². The molecule has 1 heterocycles. The average molecular weight is 275 g/mol. The summed E-state index contributed by atoms with van der Waals surface area (Å²) in [6, 6.07) is 5.85. The highest BCUT2D eigenvalue weighted by Crippen LogP contribution is 2.20. The molecule has 5 heteroatoms. The lowest BCUT2D eigenvalue weighted by atomic mass is 10.0. The molecular formula is C15H21N3O2. The number of hydrogen-bond donors (Lipinski definition) is 2. The molecule has 108 valence electrons. The van der Waals surface area contributed by atoms with Crippen molar-refractivity contribution in [3.8, 4) is 0 Å². The summed E-state index contributed by atoms with van der Waals surface area (Å²) in [5.74, 6) is 0.157. The number of likely N-dealkylation sites (tertiary alicyclic amines) is 1. The Balaban J connectivity index is 2.13. The molecule has 1 atom stereocenters. The third-order valence-corrected chi connectivity index (χ3v) is 3.88. The first kappa shape index (κ1) is 14.4. The van der Waals surface area contributed by atoms with E-state index in [2.05, 4.69) is 5.16 Å². The molecule has 20 heavy (non-hydrogen) atoms. The summed E-state index contributed by atoms with van der Waals surface area (Å²) in [4.78, 5) is 14.2. The molecule has 2 rings (SSSR count). The fraction of sp³-hybridized carbons (Fsp3) is 0.467. The van der Waals surface area contributed by atoms with Gasteiger partial charge in [0.1, 0.15) is 0 Å². The number of benzene rings is 1. The van der Waals surface area contributed by atoms with Gasteiger partial charge in [-0.25, -0.2) is 0 Å². The smallest absolute Gasteiger partial charge is 0.227 e. The first-order valence-corrected chi connectivity index (χ1v) is 6.86. The molecule has 5 nitrogen and oxygen atoms in total. The van der Waals surface area contributed by atoms with Crippen LogP contribution in [-0.4, -0.2) is 34.4 Å². The van der Waals surface area contributed by atoms with Crippen LogP contribution >= 0.6 is 0 Å². The van der Waals surface area contributed by atoms with Gasteiger partial charge in [0.25, 0.3) is 0 Å². The molecule has 1 amide bonds. The fourth-order valence-electron chi connectivity index (χ4n) is 2.69. The second kappa shape index (κ2) is 5.94. The lowest BCUT2D eigenvalue weighted by molar-refractivity contribution is -0.130. The van der Waals surface area contributed by atoms with E-state index in [1.54, 1.807) is 4.90 Å². The van der Waals surface area contributed by atoms with Gasteiger partial charge in [0.05, 0.1) is 12.5 Å². The SMILES string of the molecule is Cc1ccc(C)c(CC(=O)N2CCCC2C(N)=NO)c1. The normalized spacial score (nSPS) is 19.4. The van der Waals surface area contributed by atoms with E-state index in [-0.39, 0.29) is 17.8 Å². The fourth-order valence-corrected chi connectivity index (χ4v) is 2.69. The summed E-state index contributed by atoms with van der Waals surface area (Å²) >= 11 is 0. The molecule has 0 aliphatic carbocycles. The van der Waals surface area contributed by atoms with E-state index in [4.69, 9.17) is 10.9 Å². The third kappa shape index (κ3) is 2.92. The lowest BCUT2D eigenvalue weighted by Gasteiger charge is -2.24. The molecule has 3 N–H and O–H groups in total. The van der Waals surface area contributed by atoms with E-state index < -0.39 is 0 Å². The minimum atomic E-state index is -0.266. The highest BCUT2D eigenvalue weighted by atomic mass is 16.4. The Morgan fingerprint density at radius 1 is 1.50 bits per heavy atom. The molecule has 0 aromatic heterocycles. The quantitative estimate of drug-likeness (QED) is 0.380. The van der Waals surface area contributed by atoms with Crippen molar-refractivity contribution in [2.45, 2.75) is 39.2 Å². The van der Waals surface area contributed by atoms with Crippen molar-refractivity contribution in [2.75, 3.05) is 6.54 Å². The number of aryl methyl sites for hydroxylation is 2. The van der Waals surface area contributed by atoms with Crippen molar-refractivity contribution in [3.63, 3.8) is 0 Å². The monoisotopic (exact) mass is 275 g/mol. The molecule has 0 spiro atoms. The van der Waals surface area contributed by atoms with E-state index in [0.717, 1.165) is 29.5 Å². The summed E-state index contributed by atoms with van der Waals surface area (Å²) in [6.45, 7) is 4.69. The van der Waals surface area contributed by atoms with Crippen LogP contribution in [0.25, 0.3) is 0 Å². The van der Waals surface area contributed by atoms with Crippen LogP contribution < -0.4 is 5.73 Å². The molecular weight excluding hydrogens is 254 g/mol. The summed E-state index contributed by atoms with van der Waals surface area (Å²) in [6.07, 6.45) is 2.01. The van der Waals surface area contributed by atoms with Crippen LogP contribution in [-0.2, 0) is 11.2 Å². The number of nitrogens with zero attached hydrogens (tertiary/aromatic N) is 2. The van der Waals surface area contributed by atoms with Crippen LogP contribution in [0.3, 0.4) is 0 Å². The van der Waals surface area contributed by atoms with Gasteiger partial charge in [0.15, 0.2) is 5.84 Å². The number of rotatable bonds is 3. The predicted octanol–water partition coefficient (Wildman–Crippen LogP) is 1.58. The minimum absolute atomic E-state index is 0.0350. The van der Waals surface area contributed by atoms with Crippen LogP contribution in [0.1, 0.15) is 29.5 Å². The summed E-state index contributed by atoms with van der Waals surface area (Å²) in [7, 11) is 0. The van der Waals surface area contributed by atoms with Crippen molar-refractivity contribution >= 4 is 11.7 Å². The molecule has 1 fully saturated rings. The first-order chi connectivity index (χ1) is 9.52. The van der Waals surface area contributed by atoms with Crippen molar-refractivity contribution in [2.24, 2.45) is 10.9 Å². The van der Waals surface area contributed by atoms with Gasteiger partial charge in [0, 0.05) is 6.54 Å². The zero-order valence-electron chi connectivity index (χ0n) is 12.0. The Morgan fingerprint density at radius 3 is 2.95 bits per heavy atom. The van der Waals surface area contributed by atoms with Crippen LogP contribution in [0, 0.1) is 13.8 Å². The topological polar surface area (TPSA) is 78.9 Å². The molecule has 1 unspecified atom stereocenters. The van der Waals surface area contributed by atoms with Gasteiger partial charge in [-0.05, 0) is 37.8 Å². The standard InChI is InChI=1S/C15H21N3O2/c1-10-5-6-11(2)12(8-10)9-14(19)18-7-3-4-13(18)15(16)17-20/h5-6,8,13,20H,3-4,7,9H2,1-2H3,(H2,16,17). The summed E-state index contributed by atoms with van der Waals surface area (Å²) in [5, 5.41) is 11.8. The van der Waals surface area contributed by atoms with Gasteiger partial charge in [0.2, 0.25) is 5.91 Å². The maximum absolute atomic E-state index is 12.4. The zero-order chi connectivity index (χ0) is 14.7. The maximum atomic E-state index is 12.4. The van der Waals surface area contributed by atoms with Gasteiger partial charge >= 0.3 is 0 Å². The average Bonchev–Trinajstić information content (AvgIpc) is 2.91. The number of amides is 1. The number of amidine groups is 1. The van der Waals surface area contributed by atoms with Crippen LogP contribution in [0.4, 0.5) is 0 Å². The molecule has 0 radical (unpaired) electrons. The highest BCUT2D eigenvalue weighted by molar-refractivity contribution is 5.91. The Bertz CT molecular complexity index is 540. The minimum Gasteiger partial charge on any atom is -0.409 e. The number of nitrogens with two attached hydrogens (primary N) is 1. The predicted molar refractivity (Wildman–Crippen MR) is 77.8 cm³/mol. The second-order valence-corrected chi connectivity index (χ2v) is 5.38. The van der Waals surface area contributed by atoms with E-state index in [0.29, 0.717) is 13.0 Å². The Morgan fingerprint density at radius 2 is 2.25 bits per heavy atom. The first-order valence-electron chi connectivity index (χ1n) is 6.86. The molecule has 0 saturated carbocycles. The molecule has 1 aliphatic heterocycles. The Hall–Kier alpha value is -2.04. The molecule has 1 aliphatic rings. The van der Waals surface area contributed by atoms with Crippen molar-refractivity contribution < 1.29 is 10.0 Å². The number of oxime groups is 1. The van der Waals surface area contributed by atoms with Gasteiger partial charge in [-0.15, -0.1) is 0 Å². The van der Waals surface area contributed by atoms with E-state index in [9.17, 15) is 4.79 Å². The maximum Gasteiger partial charge on any atom is 0.227 e. The van der Waals surface area contributed by atoms with Crippen LogP contribution in [0.15, 0.2) is 23.4 Å². The molecule has 1 aromatic rings. The largest absolute Gasteiger partial charge is 0.409 e. The zero-order valence-corrected chi connectivity index (χ0v) is 12.0. The van der Waals surface area contributed by atoms with E-state index in [1.807, 2.05) is 32.0 Å². The summed E-state index contributed by atoms with van der Waals surface area (Å²) < 4.78 is 0. The Kier molecular flexibility index (Phi) is 4.27. The van der Waals surface area contributed by atoms with Gasteiger partial charge in [-0.1, -0.05) is 28.9 Å².